The minimum atomic E-state index is 0.00690. The smallest absolute Gasteiger partial charge is 0.141 e. The van der Waals surface area contributed by atoms with Gasteiger partial charge in [0.25, 0.3) is 0 Å². The monoisotopic (exact) mass is 423 g/mol. The number of aryl methyl sites for hydroxylation is 1. The fourth-order valence-corrected chi connectivity index (χ4v) is 3.77. The molecule has 0 saturated heterocycles. The molecule has 0 aliphatic carbocycles. The van der Waals surface area contributed by atoms with E-state index in [9.17, 15) is 4.79 Å². The molecular formula is C24H26ClN3O2. The van der Waals surface area contributed by atoms with Gasteiger partial charge >= 0.3 is 0 Å². The third-order valence-electron chi connectivity index (χ3n) is 5.20. The third-order valence-corrected chi connectivity index (χ3v) is 5.45. The number of aromatic nitrogens is 3. The Balaban J connectivity index is 2.18. The summed E-state index contributed by atoms with van der Waals surface area (Å²) < 4.78 is 7.50. The van der Waals surface area contributed by atoms with Crippen LogP contribution in [0, 0.1) is 6.92 Å². The quantitative estimate of drug-likeness (QED) is 0.410. The Morgan fingerprint density at radius 1 is 1.23 bits per heavy atom. The molecule has 2 aromatic carbocycles. The van der Waals surface area contributed by atoms with Gasteiger partial charge < -0.3 is 9.53 Å². The molecule has 5 nitrogen and oxygen atoms in total. The van der Waals surface area contributed by atoms with Crippen molar-refractivity contribution in [2.45, 2.75) is 39.0 Å². The van der Waals surface area contributed by atoms with Gasteiger partial charge in [0.2, 0.25) is 0 Å². The van der Waals surface area contributed by atoms with Crippen LogP contribution in [0.1, 0.15) is 54.9 Å². The number of carbonyl (C=O) groups is 1. The Morgan fingerprint density at radius 3 is 2.60 bits per heavy atom. The highest BCUT2D eigenvalue weighted by Crippen LogP contribution is 2.34. The highest BCUT2D eigenvalue weighted by molar-refractivity contribution is 6.30. The molecule has 1 aromatic heterocycles. The summed E-state index contributed by atoms with van der Waals surface area (Å²) in [5, 5.41) is 9.43. The Labute approximate surface area is 182 Å². The third kappa shape index (κ3) is 4.46. The van der Waals surface area contributed by atoms with Gasteiger partial charge in [0.1, 0.15) is 23.7 Å². The first-order chi connectivity index (χ1) is 14.5. The lowest BCUT2D eigenvalue weighted by Gasteiger charge is -2.20. The van der Waals surface area contributed by atoms with Crippen molar-refractivity contribution in [3.05, 3.63) is 76.8 Å². The first-order valence-electron chi connectivity index (χ1n) is 9.99. The second-order valence-electron chi connectivity index (χ2n) is 7.20. The molecule has 0 aliphatic heterocycles. The van der Waals surface area contributed by atoms with E-state index < -0.39 is 0 Å². The molecule has 1 heterocycles. The normalized spacial score (nSPS) is 11.9. The van der Waals surface area contributed by atoms with Gasteiger partial charge in [0.05, 0.1) is 12.8 Å². The molecule has 0 aliphatic rings. The van der Waals surface area contributed by atoms with Crippen LogP contribution in [0.4, 0.5) is 0 Å². The van der Waals surface area contributed by atoms with E-state index in [2.05, 4.69) is 23.7 Å². The molecule has 0 radical (unpaired) electrons. The van der Waals surface area contributed by atoms with Crippen LogP contribution < -0.4 is 4.74 Å². The van der Waals surface area contributed by atoms with Crippen molar-refractivity contribution >= 4 is 23.5 Å². The van der Waals surface area contributed by atoms with Gasteiger partial charge in [-0.3, -0.25) is 4.57 Å². The highest BCUT2D eigenvalue weighted by atomic mass is 35.5. The number of rotatable bonds is 9. The van der Waals surface area contributed by atoms with Gasteiger partial charge in [-0.1, -0.05) is 43.7 Å². The molecule has 30 heavy (non-hydrogen) atoms. The van der Waals surface area contributed by atoms with Crippen LogP contribution in [0.3, 0.4) is 0 Å². The molecule has 0 N–H and O–H groups in total. The topological polar surface area (TPSA) is 57.0 Å². The van der Waals surface area contributed by atoms with Crippen molar-refractivity contribution < 1.29 is 9.53 Å². The summed E-state index contributed by atoms with van der Waals surface area (Å²) in [5.41, 5.74) is 3.60. The highest BCUT2D eigenvalue weighted by Gasteiger charge is 2.23. The van der Waals surface area contributed by atoms with Gasteiger partial charge in [-0.05, 0) is 54.8 Å². The van der Waals surface area contributed by atoms with Crippen molar-refractivity contribution in [3.8, 4) is 11.4 Å². The van der Waals surface area contributed by atoms with Crippen molar-refractivity contribution in [1.29, 1.82) is 0 Å². The zero-order valence-electron chi connectivity index (χ0n) is 17.6. The van der Waals surface area contributed by atoms with Gasteiger partial charge in [0.15, 0.2) is 0 Å². The molecule has 1 atom stereocenters. The molecular weight excluding hydrogens is 398 g/mol. The number of methoxy groups -OCH3 is 1. The summed E-state index contributed by atoms with van der Waals surface area (Å²) in [5.74, 6) is 2.28. The van der Waals surface area contributed by atoms with E-state index in [4.69, 9.17) is 16.3 Å². The average molecular weight is 424 g/mol. The van der Waals surface area contributed by atoms with E-state index >= 15 is 0 Å². The minimum Gasteiger partial charge on any atom is -0.497 e. The molecule has 0 amide bonds. The maximum absolute atomic E-state index is 11.3. The Kier molecular flexibility index (Phi) is 7.06. The zero-order valence-corrected chi connectivity index (χ0v) is 18.3. The number of hydrogen-bond acceptors (Lipinski definition) is 4. The summed E-state index contributed by atoms with van der Waals surface area (Å²) in [4.78, 5) is 11.3. The number of nitrogens with zero attached hydrogens (tertiary/aromatic N) is 3. The largest absolute Gasteiger partial charge is 0.497 e. The predicted octanol–water partition coefficient (Wildman–Crippen LogP) is 5.77. The number of carbonyl (C=O) groups excluding carboxylic acids is 1. The van der Waals surface area contributed by atoms with Crippen LogP contribution in [-0.2, 0) is 4.79 Å². The molecule has 0 unspecified atom stereocenters. The number of ether oxygens (including phenoxy) is 1. The Bertz CT molecular complexity index is 1040. The van der Waals surface area contributed by atoms with Crippen LogP contribution in [-0.4, -0.2) is 28.2 Å². The van der Waals surface area contributed by atoms with Crippen molar-refractivity contribution in [1.82, 2.24) is 14.8 Å². The summed E-state index contributed by atoms with van der Waals surface area (Å²) in [6.07, 6.45) is 3.18. The number of aldehydes is 1. The summed E-state index contributed by atoms with van der Waals surface area (Å²) >= 11 is 6.06. The first kappa shape index (κ1) is 21.8. The second kappa shape index (κ2) is 9.72. The number of halogens is 1. The van der Waals surface area contributed by atoms with Gasteiger partial charge in [0, 0.05) is 22.9 Å². The maximum Gasteiger partial charge on any atom is 0.141 e. The average Bonchev–Trinajstić information content (AvgIpc) is 3.14. The summed E-state index contributed by atoms with van der Waals surface area (Å²) in [6.45, 7) is 8.36. The van der Waals surface area contributed by atoms with Gasteiger partial charge in [-0.2, -0.15) is 0 Å². The Hall–Kier alpha value is -2.92. The lowest BCUT2D eigenvalue weighted by Crippen LogP contribution is -2.11. The van der Waals surface area contributed by atoms with E-state index in [0.29, 0.717) is 11.4 Å². The fraction of sp³-hybridized carbons (Fsp3) is 0.292. The van der Waals surface area contributed by atoms with Crippen molar-refractivity contribution in [2.24, 2.45) is 0 Å². The molecule has 6 heteroatoms. The lowest BCUT2D eigenvalue weighted by molar-refractivity contribution is -0.108. The van der Waals surface area contributed by atoms with Crippen LogP contribution in [0.2, 0.25) is 5.02 Å². The van der Waals surface area contributed by atoms with Crippen LogP contribution >= 0.6 is 11.6 Å². The van der Waals surface area contributed by atoms with E-state index in [1.54, 1.807) is 7.11 Å². The molecule has 156 valence electrons. The molecule has 3 rings (SSSR count). The van der Waals surface area contributed by atoms with Crippen molar-refractivity contribution in [2.75, 3.05) is 7.11 Å². The van der Waals surface area contributed by atoms with Gasteiger partial charge in [-0.15, -0.1) is 10.2 Å². The van der Waals surface area contributed by atoms with Gasteiger partial charge in [-0.25, -0.2) is 0 Å². The summed E-state index contributed by atoms with van der Waals surface area (Å²) in [6, 6.07) is 13.4. The number of hydrogen-bond donors (Lipinski definition) is 0. The summed E-state index contributed by atoms with van der Waals surface area (Å²) in [7, 11) is 1.64. The zero-order chi connectivity index (χ0) is 21.7. The maximum atomic E-state index is 11.3. The first-order valence-corrected chi connectivity index (χ1v) is 10.4. The molecule has 3 aromatic rings. The molecule has 0 bridgehead atoms. The predicted molar refractivity (Wildman–Crippen MR) is 121 cm³/mol. The van der Waals surface area contributed by atoms with E-state index in [0.717, 1.165) is 58.9 Å². The van der Waals surface area contributed by atoms with E-state index in [-0.39, 0.29) is 5.92 Å². The standard InChI is InChI=1S/C24H26ClN3O2/c1-5-6-19(13-14-29)24-27-26-17(3)28(24)23-12-11-21(30-4)15-22(23)16(2)18-7-9-20(25)10-8-18/h7-12,14-15,19H,2,5-6,13H2,1,3-4H3/t19-/m0/s1. The molecule has 0 fully saturated rings. The second-order valence-corrected chi connectivity index (χ2v) is 7.63. The van der Waals surface area contributed by atoms with E-state index in [1.807, 2.05) is 54.0 Å². The molecule has 0 spiro atoms. The Morgan fingerprint density at radius 2 is 1.97 bits per heavy atom. The fourth-order valence-electron chi connectivity index (χ4n) is 3.64. The van der Waals surface area contributed by atoms with Crippen LogP contribution in [0.25, 0.3) is 11.3 Å². The van der Waals surface area contributed by atoms with E-state index in [1.165, 1.54) is 0 Å². The van der Waals surface area contributed by atoms with Crippen LogP contribution in [0.15, 0.2) is 49.0 Å². The van der Waals surface area contributed by atoms with Crippen LogP contribution in [0.5, 0.6) is 5.75 Å². The lowest BCUT2D eigenvalue weighted by atomic mass is 9.96. The number of benzene rings is 2. The SMILES string of the molecule is C=C(c1ccc(Cl)cc1)c1cc(OC)ccc1-n1c(C)nnc1[C@H](CC=O)CCC. The van der Waals surface area contributed by atoms with Crippen molar-refractivity contribution in [3.63, 3.8) is 0 Å². The molecule has 0 saturated carbocycles. The minimum absolute atomic E-state index is 0.00690.